The number of thiazole rings is 1. The molecule has 10 heteroatoms. The number of fused-ring (bicyclic) bond motifs is 1. The van der Waals surface area contributed by atoms with Gasteiger partial charge in [0, 0.05) is 16.0 Å². The summed E-state index contributed by atoms with van der Waals surface area (Å²) < 4.78 is 0. The van der Waals surface area contributed by atoms with Gasteiger partial charge < -0.3 is 0 Å². The Morgan fingerprint density at radius 2 is 1.96 bits per heavy atom. The number of amides is 1. The molecule has 0 saturated carbocycles. The van der Waals surface area contributed by atoms with Gasteiger partial charge in [-0.3, -0.25) is 24.9 Å². The summed E-state index contributed by atoms with van der Waals surface area (Å²) in [7, 11) is 0. The molecule has 3 N–H and O–H groups in total. The van der Waals surface area contributed by atoms with E-state index in [2.05, 4.69) is 25.3 Å². The first-order valence-corrected chi connectivity index (χ1v) is 9.52. The second-order valence-corrected chi connectivity index (χ2v) is 8.31. The number of hydrogen-bond donors (Lipinski definition) is 3. The van der Waals surface area contributed by atoms with E-state index in [1.54, 1.807) is 11.3 Å². The van der Waals surface area contributed by atoms with Crippen LogP contribution >= 0.6 is 22.7 Å². The quantitative estimate of drug-likeness (QED) is 0.489. The lowest BCUT2D eigenvalue weighted by molar-refractivity contribution is 0.102. The fourth-order valence-electron chi connectivity index (χ4n) is 2.58. The molecule has 4 aromatic heterocycles. The van der Waals surface area contributed by atoms with Crippen molar-refractivity contribution >= 4 is 44.7 Å². The molecule has 0 unspecified atom stereocenters. The van der Waals surface area contributed by atoms with Crippen LogP contribution in [0.25, 0.3) is 21.6 Å². The maximum absolute atomic E-state index is 12.5. The number of nitrogens with zero attached hydrogens (tertiary/aromatic N) is 2. The van der Waals surface area contributed by atoms with Crippen LogP contribution in [-0.2, 0) is 0 Å². The Morgan fingerprint density at radius 3 is 2.70 bits per heavy atom. The van der Waals surface area contributed by atoms with Gasteiger partial charge in [0.15, 0.2) is 5.13 Å². The Labute approximate surface area is 160 Å². The first kappa shape index (κ1) is 17.3. The summed E-state index contributed by atoms with van der Waals surface area (Å²) in [6.45, 7) is 3.98. The SMILES string of the molecule is Cc1ccc(-c2nc(NC(=O)c3cnc4[nH]c(=O)[nH]c(=O)c4c3)sc2C)s1. The lowest BCUT2D eigenvalue weighted by Crippen LogP contribution is -2.23. The van der Waals surface area contributed by atoms with Gasteiger partial charge in [-0.1, -0.05) is 0 Å². The molecular formula is C17H13N5O3S2. The fraction of sp³-hybridized carbons (Fsp3) is 0.118. The second-order valence-electron chi connectivity index (χ2n) is 5.82. The van der Waals surface area contributed by atoms with E-state index in [1.165, 1.54) is 28.5 Å². The Balaban J connectivity index is 1.64. The van der Waals surface area contributed by atoms with E-state index >= 15 is 0 Å². The number of aromatic nitrogens is 4. The smallest absolute Gasteiger partial charge is 0.298 e. The van der Waals surface area contributed by atoms with Gasteiger partial charge in [0.2, 0.25) is 0 Å². The third-order valence-corrected chi connectivity index (χ3v) is 5.74. The molecule has 4 rings (SSSR count). The number of nitrogens with one attached hydrogen (secondary N) is 3. The van der Waals surface area contributed by atoms with Crippen molar-refractivity contribution in [1.29, 1.82) is 0 Å². The van der Waals surface area contributed by atoms with E-state index < -0.39 is 17.2 Å². The summed E-state index contributed by atoms with van der Waals surface area (Å²) in [4.78, 5) is 52.0. The minimum Gasteiger partial charge on any atom is -0.298 e. The van der Waals surface area contributed by atoms with Crippen molar-refractivity contribution < 1.29 is 4.79 Å². The number of carbonyl (C=O) groups is 1. The van der Waals surface area contributed by atoms with Crippen molar-refractivity contribution in [3.63, 3.8) is 0 Å². The summed E-state index contributed by atoms with van der Waals surface area (Å²) in [6.07, 6.45) is 1.30. The summed E-state index contributed by atoms with van der Waals surface area (Å²) in [5, 5.41) is 3.34. The zero-order valence-corrected chi connectivity index (χ0v) is 15.9. The lowest BCUT2D eigenvalue weighted by Gasteiger charge is -2.02. The molecule has 0 aliphatic heterocycles. The van der Waals surface area contributed by atoms with Crippen molar-refractivity contribution in [2.75, 3.05) is 5.32 Å². The molecular weight excluding hydrogens is 386 g/mol. The monoisotopic (exact) mass is 399 g/mol. The highest BCUT2D eigenvalue weighted by atomic mass is 32.1. The first-order valence-electron chi connectivity index (χ1n) is 7.88. The van der Waals surface area contributed by atoms with Crippen LogP contribution in [0.5, 0.6) is 0 Å². The van der Waals surface area contributed by atoms with Gasteiger partial charge in [0.05, 0.1) is 21.5 Å². The van der Waals surface area contributed by atoms with E-state index in [9.17, 15) is 14.4 Å². The molecule has 4 heterocycles. The minimum atomic E-state index is -0.646. The molecule has 0 radical (unpaired) electrons. The van der Waals surface area contributed by atoms with Crippen LogP contribution in [0.15, 0.2) is 34.0 Å². The fourth-order valence-corrected chi connectivity index (χ4v) is 4.38. The zero-order chi connectivity index (χ0) is 19.1. The molecule has 0 aliphatic rings. The summed E-state index contributed by atoms with van der Waals surface area (Å²) in [5.41, 5.74) is -0.0793. The van der Waals surface area contributed by atoms with Crippen LogP contribution in [0.4, 0.5) is 5.13 Å². The molecule has 1 amide bonds. The zero-order valence-electron chi connectivity index (χ0n) is 14.2. The molecule has 136 valence electrons. The van der Waals surface area contributed by atoms with E-state index in [0.29, 0.717) is 5.13 Å². The van der Waals surface area contributed by atoms with Crippen molar-refractivity contribution in [3.05, 3.63) is 60.6 Å². The van der Waals surface area contributed by atoms with Crippen molar-refractivity contribution in [2.45, 2.75) is 13.8 Å². The van der Waals surface area contributed by atoms with E-state index in [0.717, 1.165) is 15.4 Å². The standard InChI is InChI=1S/C17H13N5O3S2/c1-7-3-4-11(26-7)12-8(2)27-17(19-12)22-14(23)9-5-10-13(18-6-9)20-16(25)21-15(10)24/h3-6H,1-2H3,(H,19,22,23)(H2,18,20,21,24,25). The number of rotatable bonds is 3. The van der Waals surface area contributed by atoms with Gasteiger partial charge in [-0.05, 0) is 32.0 Å². The number of pyridine rings is 1. The maximum Gasteiger partial charge on any atom is 0.327 e. The number of aromatic amines is 2. The first-order chi connectivity index (χ1) is 12.9. The summed E-state index contributed by atoms with van der Waals surface area (Å²) in [6, 6.07) is 5.42. The number of aryl methyl sites for hydroxylation is 2. The van der Waals surface area contributed by atoms with Crippen LogP contribution in [0, 0.1) is 13.8 Å². The highest BCUT2D eigenvalue weighted by molar-refractivity contribution is 7.18. The number of carbonyl (C=O) groups excluding carboxylic acids is 1. The van der Waals surface area contributed by atoms with E-state index in [1.807, 2.05) is 26.0 Å². The highest BCUT2D eigenvalue weighted by Gasteiger charge is 2.15. The highest BCUT2D eigenvalue weighted by Crippen LogP contribution is 2.34. The summed E-state index contributed by atoms with van der Waals surface area (Å²) in [5.74, 6) is -0.433. The molecule has 4 aromatic rings. The van der Waals surface area contributed by atoms with Gasteiger partial charge in [-0.15, -0.1) is 22.7 Å². The van der Waals surface area contributed by atoms with Crippen molar-refractivity contribution in [3.8, 4) is 10.6 Å². The van der Waals surface area contributed by atoms with Crippen LogP contribution < -0.4 is 16.6 Å². The molecule has 0 fully saturated rings. The van der Waals surface area contributed by atoms with Crippen LogP contribution in [0.1, 0.15) is 20.1 Å². The van der Waals surface area contributed by atoms with Crippen molar-refractivity contribution in [2.24, 2.45) is 0 Å². The van der Waals surface area contributed by atoms with Gasteiger partial charge >= 0.3 is 5.69 Å². The number of hydrogen-bond acceptors (Lipinski definition) is 7. The topological polar surface area (TPSA) is 121 Å². The Hall–Kier alpha value is -3.11. The molecule has 0 aromatic carbocycles. The van der Waals surface area contributed by atoms with Crippen LogP contribution in [-0.4, -0.2) is 25.8 Å². The van der Waals surface area contributed by atoms with E-state index in [4.69, 9.17) is 0 Å². The number of anilines is 1. The third-order valence-electron chi connectivity index (χ3n) is 3.84. The average Bonchev–Trinajstić information content (AvgIpc) is 3.19. The molecule has 0 saturated heterocycles. The largest absolute Gasteiger partial charge is 0.327 e. The minimum absolute atomic E-state index is 0.126. The Kier molecular flexibility index (Phi) is 4.21. The van der Waals surface area contributed by atoms with Gasteiger partial charge in [0.1, 0.15) is 5.65 Å². The van der Waals surface area contributed by atoms with Gasteiger partial charge in [0.25, 0.3) is 11.5 Å². The third kappa shape index (κ3) is 3.32. The van der Waals surface area contributed by atoms with E-state index in [-0.39, 0.29) is 16.6 Å². The summed E-state index contributed by atoms with van der Waals surface area (Å²) >= 11 is 3.02. The van der Waals surface area contributed by atoms with Crippen LogP contribution in [0.2, 0.25) is 0 Å². The predicted molar refractivity (Wildman–Crippen MR) is 106 cm³/mol. The molecule has 8 nitrogen and oxygen atoms in total. The molecule has 0 atom stereocenters. The number of H-pyrrole nitrogens is 2. The normalized spacial score (nSPS) is 11.0. The second kappa shape index (κ2) is 6.56. The predicted octanol–water partition coefficient (Wildman–Crippen LogP) is 2.67. The Bertz CT molecular complexity index is 1300. The van der Waals surface area contributed by atoms with Crippen LogP contribution in [0.3, 0.4) is 0 Å². The molecule has 0 spiro atoms. The average molecular weight is 399 g/mol. The maximum atomic E-state index is 12.5. The molecule has 27 heavy (non-hydrogen) atoms. The Morgan fingerprint density at radius 1 is 1.15 bits per heavy atom. The van der Waals surface area contributed by atoms with Gasteiger partial charge in [-0.25, -0.2) is 14.8 Å². The van der Waals surface area contributed by atoms with Crippen molar-refractivity contribution in [1.82, 2.24) is 19.9 Å². The number of thiophene rings is 1. The lowest BCUT2D eigenvalue weighted by atomic mass is 10.2. The van der Waals surface area contributed by atoms with Gasteiger partial charge in [-0.2, -0.15) is 0 Å². The molecule has 0 aliphatic carbocycles. The molecule has 0 bridgehead atoms.